The lowest BCUT2D eigenvalue weighted by atomic mass is 10.1. The second-order valence-corrected chi connectivity index (χ2v) is 5.66. The zero-order valence-corrected chi connectivity index (χ0v) is 13.0. The van der Waals surface area contributed by atoms with Crippen molar-refractivity contribution >= 4 is 17.5 Å². The van der Waals surface area contributed by atoms with E-state index in [-0.39, 0.29) is 5.78 Å². The zero-order valence-electron chi connectivity index (χ0n) is 12.1. The molecule has 0 aliphatic rings. The summed E-state index contributed by atoms with van der Waals surface area (Å²) in [5.74, 6) is 1.07. The number of hydrogen-bond donors (Lipinski definition) is 0. The molecule has 2 aromatic rings. The van der Waals surface area contributed by atoms with Crippen LogP contribution in [0.1, 0.15) is 21.6 Å². The highest BCUT2D eigenvalue weighted by Gasteiger charge is 2.14. The average molecular weight is 290 g/mol. The van der Waals surface area contributed by atoms with Gasteiger partial charge in [-0.1, -0.05) is 17.8 Å². The smallest absolute Gasteiger partial charge is 0.176 e. The Hall–Kier alpha value is -1.75. The van der Waals surface area contributed by atoms with Crippen LogP contribution in [0, 0.1) is 13.8 Å². The molecule has 0 radical (unpaired) electrons. The molecule has 2 rings (SSSR count). The van der Waals surface area contributed by atoms with E-state index in [4.69, 9.17) is 4.74 Å². The number of benzene rings is 1. The molecule has 0 N–H and O–H groups in total. The summed E-state index contributed by atoms with van der Waals surface area (Å²) in [7, 11) is 3.47. The highest BCUT2D eigenvalue weighted by atomic mass is 32.2. The molecule has 4 nitrogen and oxygen atoms in total. The van der Waals surface area contributed by atoms with E-state index < -0.39 is 0 Å². The Labute approximate surface area is 123 Å². The van der Waals surface area contributed by atoms with Gasteiger partial charge in [0.25, 0.3) is 0 Å². The average Bonchev–Trinajstić information content (AvgIpc) is 2.74. The van der Waals surface area contributed by atoms with Gasteiger partial charge in [0.1, 0.15) is 5.75 Å². The number of carbonyl (C=O) groups is 1. The Morgan fingerprint density at radius 2 is 2.10 bits per heavy atom. The van der Waals surface area contributed by atoms with Crippen LogP contribution < -0.4 is 4.74 Å². The molecule has 0 unspecified atom stereocenters. The van der Waals surface area contributed by atoms with Gasteiger partial charge in [-0.25, -0.2) is 0 Å². The highest BCUT2D eigenvalue weighted by molar-refractivity contribution is 7.99. The van der Waals surface area contributed by atoms with E-state index in [1.165, 1.54) is 11.8 Å². The van der Waals surface area contributed by atoms with E-state index in [0.29, 0.717) is 17.1 Å². The van der Waals surface area contributed by atoms with Crippen LogP contribution in [0.3, 0.4) is 0 Å². The van der Waals surface area contributed by atoms with Gasteiger partial charge >= 0.3 is 0 Å². The van der Waals surface area contributed by atoms with Gasteiger partial charge in [-0.15, -0.1) is 0 Å². The first-order chi connectivity index (χ1) is 9.51. The van der Waals surface area contributed by atoms with Gasteiger partial charge in [0.15, 0.2) is 5.78 Å². The van der Waals surface area contributed by atoms with Crippen LogP contribution in [-0.2, 0) is 7.05 Å². The SMILES string of the molecule is COc1cc(C)ccc1C(=O)CSc1cc(C)nn1C. The maximum absolute atomic E-state index is 12.3. The van der Waals surface area contributed by atoms with Crippen molar-refractivity contribution in [1.29, 1.82) is 0 Å². The third-order valence-electron chi connectivity index (χ3n) is 2.97. The quantitative estimate of drug-likeness (QED) is 0.627. The van der Waals surface area contributed by atoms with Gasteiger partial charge in [0, 0.05) is 7.05 Å². The van der Waals surface area contributed by atoms with Crippen molar-refractivity contribution in [3.05, 3.63) is 41.1 Å². The predicted octanol–water partition coefficient (Wildman–Crippen LogP) is 3.02. The molecular formula is C15H18N2O2S. The fourth-order valence-corrected chi connectivity index (χ4v) is 2.88. The predicted molar refractivity (Wildman–Crippen MR) is 80.7 cm³/mol. The van der Waals surface area contributed by atoms with Gasteiger partial charge in [0.2, 0.25) is 0 Å². The lowest BCUT2D eigenvalue weighted by molar-refractivity contribution is 0.101. The second-order valence-electron chi connectivity index (χ2n) is 4.66. The van der Waals surface area contributed by atoms with Crippen molar-refractivity contribution in [1.82, 2.24) is 9.78 Å². The third-order valence-corrected chi connectivity index (χ3v) is 4.05. The molecule has 0 amide bonds. The molecule has 0 saturated heterocycles. The topological polar surface area (TPSA) is 44.1 Å². The minimum Gasteiger partial charge on any atom is -0.496 e. The van der Waals surface area contributed by atoms with E-state index in [1.807, 2.05) is 45.2 Å². The first-order valence-corrected chi connectivity index (χ1v) is 7.31. The summed E-state index contributed by atoms with van der Waals surface area (Å²) in [4.78, 5) is 12.3. The molecule has 0 saturated carbocycles. The number of thioether (sulfide) groups is 1. The maximum atomic E-state index is 12.3. The standard InChI is InChI=1S/C15H18N2O2S/c1-10-5-6-12(14(7-10)19-4)13(18)9-20-15-8-11(2)16-17(15)3/h5-8H,9H2,1-4H3. The Morgan fingerprint density at radius 3 is 2.70 bits per heavy atom. The number of ketones is 1. The van der Waals surface area contributed by atoms with Gasteiger partial charge in [-0.2, -0.15) is 5.10 Å². The van der Waals surface area contributed by atoms with Crippen molar-refractivity contribution in [2.24, 2.45) is 7.05 Å². The summed E-state index contributed by atoms with van der Waals surface area (Å²) < 4.78 is 7.07. The monoisotopic (exact) mass is 290 g/mol. The van der Waals surface area contributed by atoms with Crippen molar-refractivity contribution in [2.45, 2.75) is 18.9 Å². The number of methoxy groups -OCH3 is 1. The van der Waals surface area contributed by atoms with E-state index in [0.717, 1.165) is 16.3 Å². The van der Waals surface area contributed by atoms with Crippen molar-refractivity contribution < 1.29 is 9.53 Å². The summed E-state index contributed by atoms with van der Waals surface area (Å²) in [6.07, 6.45) is 0. The van der Waals surface area contributed by atoms with Crippen LogP contribution in [0.2, 0.25) is 0 Å². The molecular weight excluding hydrogens is 272 g/mol. The second kappa shape index (κ2) is 6.13. The summed E-state index contributed by atoms with van der Waals surface area (Å²) in [6, 6.07) is 7.61. The van der Waals surface area contributed by atoms with E-state index in [2.05, 4.69) is 5.10 Å². The molecule has 5 heteroatoms. The number of Topliss-reactive ketones (excluding diaryl/α,β-unsaturated/α-hetero) is 1. The fourth-order valence-electron chi connectivity index (χ4n) is 1.97. The molecule has 106 valence electrons. The van der Waals surface area contributed by atoms with Crippen LogP contribution >= 0.6 is 11.8 Å². The van der Waals surface area contributed by atoms with Gasteiger partial charge in [0.05, 0.1) is 29.1 Å². The Kier molecular flexibility index (Phi) is 4.49. The number of rotatable bonds is 5. The van der Waals surface area contributed by atoms with Gasteiger partial charge in [-0.3, -0.25) is 9.48 Å². The van der Waals surface area contributed by atoms with Crippen LogP contribution in [-0.4, -0.2) is 28.4 Å². The van der Waals surface area contributed by atoms with Crippen molar-refractivity contribution in [2.75, 3.05) is 12.9 Å². The molecule has 1 heterocycles. The first-order valence-electron chi connectivity index (χ1n) is 6.32. The maximum Gasteiger partial charge on any atom is 0.176 e. The lowest BCUT2D eigenvalue weighted by Crippen LogP contribution is -2.06. The number of ether oxygens (including phenoxy) is 1. The zero-order chi connectivity index (χ0) is 14.7. The number of carbonyl (C=O) groups excluding carboxylic acids is 1. The summed E-state index contributed by atoms with van der Waals surface area (Å²) in [5, 5.41) is 5.25. The largest absolute Gasteiger partial charge is 0.496 e. The minimum atomic E-state index is 0.0608. The molecule has 0 fully saturated rings. The normalized spacial score (nSPS) is 10.6. The fraction of sp³-hybridized carbons (Fsp3) is 0.333. The Morgan fingerprint density at radius 1 is 1.35 bits per heavy atom. The third kappa shape index (κ3) is 3.22. The van der Waals surface area contributed by atoms with Crippen LogP contribution in [0.5, 0.6) is 5.75 Å². The molecule has 0 aliphatic carbocycles. The lowest BCUT2D eigenvalue weighted by Gasteiger charge is -2.08. The number of hydrogen-bond acceptors (Lipinski definition) is 4. The minimum absolute atomic E-state index is 0.0608. The highest BCUT2D eigenvalue weighted by Crippen LogP contribution is 2.24. The molecule has 0 spiro atoms. The van der Waals surface area contributed by atoms with E-state index in [1.54, 1.807) is 11.8 Å². The molecule has 20 heavy (non-hydrogen) atoms. The van der Waals surface area contributed by atoms with Gasteiger partial charge in [-0.05, 0) is 37.6 Å². The number of aryl methyl sites for hydroxylation is 3. The summed E-state index contributed by atoms with van der Waals surface area (Å²) in [5.41, 5.74) is 2.66. The molecule has 1 aromatic heterocycles. The van der Waals surface area contributed by atoms with Crippen molar-refractivity contribution in [3.63, 3.8) is 0 Å². The Balaban J connectivity index is 2.11. The summed E-state index contributed by atoms with van der Waals surface area (Å²) in [6.45, 7) is 3.92. The summed E-state index contributed by atoms with van der Waals surface area (Å²) >= 11 is 1.49. The first kappa shape index (κ1) is 14.7. The molecule has 1 aromatic carbocycles. The molecule has 0 atom stereocenters. The van der Waals surface area contributed by atoms with Crippen molar-refractivity contribution in [3.8, 4) is 5.75 Å². The van der Waals surface area contributed by atoms with E-state index >= 15 is 0 Å². The number of aromatic nitrogens is 2. The van der Waals surface area contributed by atoms with E-state index in [9.17, 15) is 4.79 Å². The number of nitrogens with zero attached hydrogens (tertiary/aromatic N) is 2. The van der Waals surface area contributed by atoms with Crippen LogP contribution in [0.25, 0.3) is 0 Å². The molecule has 0 bridgehead atoms. The van der Waals surface area contributed by atoms with Crippen LogP contribution in [0.4, 0.5) is 0 Å². The Bertz CT molecular complexity index is 635. The van der Waals surface area contributed by atoms with Crippen LogP contribution in [0.15, 0.2) is 29.3 Å². The van der Waals surface area contributed by atoms with Gasteiger partial charge < -0.3 is 4.74 Å². The molecule has 0 aliphatic heterocycles.